The van der Waals surface area contributed by atoms with Gasteiger partial charge in [-0.3, -0.25) is 9.59 Å². The topological polar surface area (TPSA) is 149 Å². The van der Waals surface area contributed by atoms with Crippen LogP contribution in [0.2, 0.25) is 0 Å². The van der Waals surface area contributed by atoms with Crippen LogP contribution in [-0.2, 0) is 17.6 Å². The SMILES string of the molecule is CC[C@@H](Nc1nnc(C(N)=O)c(Nc2ccc3c(c2)CCC3)n1)C(N)=O. The Kier molecular flexibility index (Phi) is 4.97. The molecule has 0 aliphatic heterocycles. The Morgan fingerprint density at radius 2 is 1.96 bits per heavy atom. The van der Waals surface area contributed by atoms with Crippen molar-refractivity contribution in [2.24, 2.45) is 11.5 Å². The van der Waals surface area contributed by atoms with E-state index in [1.165, 1.54) is 11.1 Å². The van der Waals surface area contributed by atoms with Crippen LogP contribution in [0.5, 0.6) is 0 Å². The Labute approximate surface area is 150 Å². The standard InChI is InChI=1S/C17H21N7O2/c1-2-12(14(18)25)21-17-22-16(13(15(19)26)23-24-17)20-11-7-6-9-4-3-5-10(9)8-11/h6-8,12H,2-5H2,1H3,(H2,18,25)(H2,19,26)(H2,20,21,22,24)/t12-/m1/s1. The third kappa shape index (κ3) is 3.71. The van der Waals surface area contributed by atoms with Crippen LogP contribution in [0.25, 0.3) is 0 Å². The zero-order valence-electron chi connectivity index (χ0n) is 14.5. The van der Waals surface area contributed by atoms with Crippen LogP contribution in [-0.4, -0.2) is 33.0 Å². The summed E-state index contributed by atoms with van der Waals surface area (Å²) >= 11 is 0. The molecule has 136 valence electrons. The fraction of sp³-hybridized carbons (Fsp3) is 0.353. The molecule has 26 heavy (non-hydrogen) atoms. The highest BCUT2D eigenvalue weighted by molar-refractivity contribution is 5.96. The van der Waals surface area contributed by atoms with Crippen LogP contribution >= 0.6 is 0 Å². The summed E-state index contributed by atoms with van der Waals surface area (Å²) in [7, 11) is 0. The highest BCUT2D eigenvalue weighted by Gasteiger charge is 2.19. The average Bonchev–Trinajstić information content (AvgIpc) is 3.07. The lowest BCUT2D eigenvalue weighted by Crippen LogP contribution is -2.35. The van der Waals surface area contributed by atoms with Gasteiger partial charge in [-0.25, -0.2) is 0 Å². The van der Waals surface area contributed by atoms with E-state index in [0.29, 0.717) is 6.42 Å². The van der Waals surface area contributed by atoms with Crippen LogP contribution in [0.3, 0.4) is 0 Å². The molecule has 3 rings (SSSR count). The van der Waals surface area contributed by atoms with Gasteiger partial charge in [0.15, 0.2) is 11.5 Å². The molecule has 1 atom stereocenters. The second-order valence-corrected chi connectivity index (χ2v) is 6.17. The molecule has 1 heterocycles. The zero-order valence-corrected chi connectivity index (χ0v) is 14.5. The minimum atomic E-state index is -0.748. The second kappa shape index (κ2) is 7.34. The second-order valence-electron chi connectivity index (χ2n) is 6.17. The van der Waals surface area contributed by atoms with Gasteiger partial charge in [-0.1, -0.05) is 13.0 Å². The maximum absolute atomic E-state index is 11.6. The number of hydrogen-bond acceptors (Lipinski definition) is 7. The number of aryl methyl sites for hydroxylation is 2. The maximum atomic E-state index is 11.6. The minimum Gasteiger partial charge on any atom is -0.368 e. The first-order valence-corrected chi connectivity index (χ1v) is 8.47. The number of amides is 2. The van der Waals surface area contributed by atoms with Crippen LogP contribution in [0.4, 0.5) is 17.5 Å². The van der Waals surface area contributed by atoms with Crippen molar-refractivity contribution in [3.63, 3.8) is 0 Å². The number of nitrogens with two attached hydrogens (primary N) is 2. The summed E-state index contributed by atoms with van der Waals surface area (Å²) in [6.07, 6.45) is 3.71. The molecule has 0 bridgehead atoms. The van der Waals surface area contributed by atoms with Crippen molar-refractivity contribution in [1.82, 2.24) is 15.2 Å². The van der Waals surface area contributed by atoms with E-state index in [1.807, 2.05) is 12.1 Å². The molecule has 0 saturated heterocycles. The number of nitrogens with one attached hydrogen (secondary N) is 2. The largest absolute Gasteiger partial charge is 0.368 e. The average molecular weight is 355 g/mol. The first kappa shape index (κ1) is 17.6. The number of nitrogens with zero attached hydrogens (tertiary/aromatic N) is 3. The number of rotatable bonds is 7. The quantitative estimate of drug-likeness (QED) is 0.576. The van der Waals surface area contributed by atoms with E-state index in [9.17, 15) is 9.59 Å². The van der Waals surface area contributed by atoms with Crippen molar-refractivity contribution in [3.8, 4) is 0 Å². The fourth-order valence-electron chi connectivity index (χ4n) is 2.96. The highest BCUT2D eigenvalue weighted by atomic mass is 16.1. The van der Waals surface area contributed by atoms with Gasteiger partial charge in [0.25, 0.3) is 5.91 Å². The lowest BCUT2D eigenvalue weighted by molar-refractivity contribution is -0.118. The summed E-state index contributed by atoms with van der Waals surface area (Å²) in [5.41, 5.74) is 14.0. The van der Waals surface area contributed by atoms with Crippen molar-refractivity contribution in [2.75, 3.05) is 10.6 Å². The number of anilines is 3. The van der Waals surface area contributed by atoms with Gasteiger partial charge in [0.1, 0.15) is 6.04 Å². The van der Waals surface area contributed by atoms with E-state index in [1.54, 1.807) is 6.92 Å². The number of carbonyl (C=O) groups excluding carboxylic acids is 2. The molecule has 0 fully saturated rings. The van der Waals surface area contributed by atoms with Crippen molar-refractivity contribution in [1.29, 1.82) is 0 Å². The smallest absolute Gasteiger partial charge is 0.273 e. The van der Waals surface area contributed by atoms with Crippen molar-refractivity contribution in [3.05, 3.63) is 35.0 Å². The summed E-state index contributed by atoms with van der Waals surface area (Å²) in [6, 6.07) is 5.37. The van der Waals surface area contributed by atoms with E-state index in [0.717, 1.165) is 24.9 Å². The van der Waals surface area contributed by atoms with Crippen LogP contribution in [0.1, 0.15) is 41.4 Å². The van der Waals surface area contributed by atoms with Crippen molar-refractivity contribution >= 4 is 29.3 Å². The van der Waals surface area contributed by atoms with Crippen LogP contribution in [0, 0.1) is 0 Å². The molecule has 9 heteroatoms. The predicted octanol–water partition coefficient (Wildman–Crippen LogP) is 0.879. The third-order valence-corrected chi connectivity index (χ3v) is 4.34. The van der Waals surface area contributed by atoms with Gasteiger partial charge >= 0.3 is 0 Å². The van der Waals surface area contributed by atoms with Crippen molar-refractivity contribution < 1.29 is 9.59 Å². The van der Waals surface area contributed by atoms with Crippen LogP contribution < -0.4 is 22.1 Å². The molecule has 1 aromatic carbocycles. The fourth-order valence-corrected chi connectivity index (χ4v) is 2.96. The zero-order chi connectivity index (χ0) is 18.7. The van der Waals surface area contributed by atoms with E-state index >= 15 is 0 Å². The molecule has 0 unspecified atom stereocenters. The summed E-state index contributed by atoms with van der Waals surface area (Å²) in [6.45, 7) is 1.80. The first-order valence-electron chi connectivity index (χ1n) is 8.47. The molecule has 1 aromatic heterocycles. The molecule has 9 nitrogen and oxygen atoms in total. The van der Waals surface area contributed by atoms with Gasteiger partial charge in [-0.2, -0.15) is 4.98 Å². The Morgan fingerprint density at radius 3 is 2.65 bits per heavy atom. The van der Waals surface area contributed by atoms with Gasteiger partial charge in [0.05, 0.1) is 0 Å². The Morgan fingerprint density at radius 1 is 1.19 bits per heavy atom. The molecule has 2 aromatic rings. The third-order valence-electron chi connectivity index (χ3n) is 4.34. The van der Waals surface area contributed by atoms with Gasteiger partial charge in [-0.05, 0) is 48.9 Å². The molecule has 2 amide bonds. The summed E-state index contributed by atoms with van der Waals surface area (Å²) in [5, 5.41) is 13.5. The number of carbonyl (C=O) groups is 2. The lowest BCUT2D eigenvalue weighted by atomic mass is 10.1. The molecular formula is C17H21N7O2. The lowest BCUT2D eigenvalue weighted by Gasteiger charge is -2.15. The minimum absolute atomic E-state index is 0.0804. The number of aromatic nitrogens is 3. The number of benzene rings is 1. The Balaban J connectivity index is 1.89. The van der Waals surface area contributed by atoms with Gasteiger partial charge in [-0.15, -0.1) is 10.2 Å². The summed E-state index contributed by atoms with van der Waals surface area (Å²) < 4.78 is 0. The number of hydrogen-bond donors (Lipinski definition) is 4. The van der Waals surface area contributed by atoms with E-state index in [-0.39, 0.29) is 17.5 Å². The van der Waals surface area contributed by atoms with E-state index in [4.69, 9.17) is 11.5 Å². The maximum Gasteiger partial charge on any atom is 0.273 e. The van der Waals surface area contributed by atoms with Crippen molar-refractivity contribution in [2.45, 2.75) is 38.6 Å². The van der Waals surface area contributed by atoms with Crippen LogP contribution in [0.15, 0.2) is 18.2 Å². The van der Waals surface area contributed by atoms with E-state index in [2.05, 4.69) is 31.9 Å². The number of fused-ring (bicyclic) bond motifs is 1. The van der Waals surface area contributed by atoms with E-state index < -0.39 is 17.9 Å². The van der Waals surface area contributed by atoms with Gasteiger partial charge in [0, 0.05) is 5.69 Å². The Bertz CT molecular complexity index is 853. The predicted molar refractivity (Wildman–Crippen MR) is 97.0 cm³/mol. The molecule has 0 spiro atoms. The normalized spacial score (nSPS) is 13.7. The molecule has 6 N–H and O–H groups in total. The summed E-state index contributed by atoms with van der Waals surface area (Å²) in [5.74, 6) is -1.01. The Hall–Kier alpha value is -3.23. The van der Waals surface area contributed by atoms with Gasteiger partial charge < -0.3 is 22.1 Å². The first-order chi connectivity index (χ1) is 12.5. The highest BCUT2D eigenvalue weighted by Crippen LogP contribution is 2.27. The molecule has 0 radical (unpaired) electrons. The monoisotopic (exact) mass is 355 g/mol. The molecule has 0 saturated carbocycles. The molecular weight excluding hydrogens is 334 g/mol. The molecule has 1 aliphatic carbocycles. The summed E-state index contributed by atoms with van der Waals surface area (Å²) in [4.78, 5) is 27.3. The molecule has 1 aliphatic rings. The number of primary amides is 2. The van der Waals surface area contributed by atoms with Gasteiger partial charge in [0.2, 0.25) is 11.9 Å².